The standard InChI is InChI=1S/C14H9Cl2NO2/c1-17-11-3-5-13(9(6-11)8-18)19-14-7-10(15)2-4-12(14)16/h2-7,18H,8H2. The maximum absolute atomic E-state index is 9.30. The number of benzene rings is 2. The summed E-state index contributed by atoms with van der Waals surface area (Å²) in [6.07, 6.45) is 0. The third-order valence-electron chi connectivity index (χ3n) is 2.46. The third kappa shape index (κ3) is 3.18. The summed E-state index contributed by atoms with van der Waals surface area (Å²) in [6.45, 7) is 6.71. The molecule has 0 saturated carbocycles. The van der Waals surface area contributed by atoms with E-state index in [9.17, 15) is 5.11 Å². The topological polar surface area (TPSA) is 33.8 Å². The molecule has 96 valence electrons. The molecule has 0 aliphatic heterocycles. The number of aliphatic hydroxyl groups excluding tert-OH is 1. The summed E-state index contributed by atoms with van der Waals surface area (Å²) in [5, 5.41) is 10.2. The molecule has 0 aliphatic rings. The second-order valence-corrected chi connectivity index (χ2v) is 4.58. The zero-order chi connectivity index (χ0) is 13.8. The molecule has 5 heteroatoms. The molecular weight excluding hydrogens is 285 g/mol. The Bertz CT molecular complexity index is 650. The number of nitrogens with zero attached hydrogens (tertiary/aromatic N) is 1. The van der Waals surface area contributed by atoms with Gasteiger partial charge >= 0.3 is 0 Å². The summed E-state index contributed by atoms with van der Waals surface area (Å²) >= 11 is 11.9. The first-order chi connectivity index (χ1) is 9.13. The second-order valence-electron chi connectivity index (χ2n) is 3.74. The van der Waals surface area contributed by atoms with Crippen LogP contribution in [-0.4, -0.2) is 5.11 Å². The van der Waals surface area contributed by atoms with Gasteiger partial charge in [-0.05, 0) is 24.3 Å². The predicted molar refractivity (Wildman–Crippen MR) is 75.2 cm³/mol. The fourth-order valence-corrected chi connectivity index (χ4v) is 1.85. The molecule has 0 unspecified atom stereocenters. The minimum Gasteiger partial charge on any atom is -0.455 e. The normalized spacial score (nSPS) is 10.0. The Balaban J connectivity index is 2.38. The molecule has 1 N–H and O–H groups in total. The summed E-state index contributed by atoms with van der Waals surface area (Å²) < 4.78 is 5.63. The van der Waals surface area contributed by atoms with Crippen molar-refractivity contribution < 1.29 is 9.84 Å². The van der Waals surface area contributed by atoms with Crippen LogP contribution >= 0.6 is 23.2 Å². The van der Waals surface area contributed by atoms with Gasteiger partial charge in [0.25, 0.3) is 0 Å². The van der Waals surface area contributed by atoms with Crippen molar-refractivity contribution >= 4 is 28.9 Å². The van der Waals surface area contributed by atoms with E-state index in [1.54, 1.807) is 36.4 Å². The van der Waals surface area contributed by atoms with Crippen molar-refractivity contribution in [3.63, 3.8) is 0 Å². The van der Waals surface area contributed by atoms with Gasteiger partial charge in [0, 0.05) is 16.7 Å². The highest BCUT2D eigenvalue weighted by Gasteiger charge is 2.09. The van der Waals surface area contributed by atoms with Crippen LogP contribution in [0.25, 0.3) is 4.85 Å². The summed E-state index contributed by atoms with van der Waals surface area (Å²) in [7, 11) is 0. The molecule has 2 rings (SSSR count). The quantitative estimate of drug-likeness (QED) is 0.823. The second kappa shape index (κ2) is 5.94. The Morgan fingerprint density at radius 3 is 2.58 bits per heavy atom. The summed E-state index contributed by atoms with van der Waals surface area (Å²) in [5.74, 6) is 0.846. The zero-order valence-corrected chi connectivity index (χ0v) is 11.2. The molecule has 19 heavy (non-hydrogen) atoms. The molecular formula is C14H9Cl2NO2. The predicted octanol–water partition coefficient (Wildman–Crippen LogP) is 4.83. The Morgan fingerprint density at radius 1 is 1.11 bits per heavy atom. The highest BCUT2D eigenvalue weighted by atomic mass is 35.5. The SMILES string of the molecule is [C-]#[N+]c1ccc(Oc2cc(Cl)ccc2Cl)c(CO)c1. The molecule has 2 aromatic rings. The van der Waals surface area contributed by atoms with Gasteiger partial charge < -0.3 is 9.84 Å². The molecule has 2 aromatic carbocycles. The van der Waals surface area contributed by atoms with E-state index in [4.69, 9.17) is 34.5 Å². The lowest BCUT2D eigenvalue weighted by Gasteiger charge is -2.11. The molecule has 0 amide bonds. The summed E-state index contributed by atoms with van der Waals surface area (Å²) in [6, 6.07) is 9.68. The van der Waals surface area contributed by atoms with Crippen molar-refractivity contribution in [3.05, 3.63) is 63.4 Å². The Labute approximate surface area is 120 Å². The first-order valence-electron chi connectivity index (χ1n) is 5.38. The van der Waals surface area contributed by atoms with Crippen LogP contribution in [0.4, 0.5) is 5.69 Å². The van der Waals surface area contributed by atoms with Crippen molar-refractivity contribution in [1.82, 2.24) is 0 Å². The van der Waals surface area contributed by atoms with Gasteiger partial charge in [0.2, 0.25) is 0 Å². The molecule has 3 nitrogen and oxygen atoms in total. The largest absolute Gasteiger partial charge is 0.455 e. The van der Waals surface area contributed by atoms with E-state index in [-0.39, 0.29) is 6.61 Å². The lowest BCUT2D eigenvalue weighted by Crippen LogP contribution is -1.92. The fraction of sp³-hybridized carbons (Fsp3) is 0.0714. The number of aliphatic hydroxyl groups is 1. The number of hydrogen-bond acceptors (Lipinski definition) is 2. The Hall–Kier alpha value is -1.73. The van der Waals surface area contributed by atoms with E-state index in [0.717, 1.165) is 0 Å². The Kier molecular flexibility index (Phi) is 4.28. The maximum Gasteiger partial charge on any atom is 0.187 e. The van der Waals surface area contributed by atoms with Crippen molar-refractivity contribution in [2.75, 3.05) is 0 Å². The molecule has 0 bridgehead atoms. The van der Waals surface area contributed by atoms with Crippen molar-refractivity contribution in [1.29, 1.82) is 0 Å². The van der Waals surface area contributed by atoms with Crippen LogP contribution in [-0.2, 0) is 6.61 Å². The minimum atomic E-state index is -0.225. The third-order valence-corrected chi connectivity index (χ3v) is 3.00. The summed E-state index contributed by atoms with van der Waals surface area (Å²) in [4.78, 5) is 3.30. The minimum absolute atomic E-state index is 0.225. The van der Waals surface area contributed by atoms with E-state index in [2.05, 4.69) is 4.85 Å². The first kappa shape index (κ1) is 13.7. The van der Waals surface area contributed by atoms with E-state index in [0.29, 0.717) is 32.8 Å². The van der Waals surface area contributed by atoms with E-state index in [1.165, 1.54) is 0 Å². The van der Waals surface area contributed by atoms with Crippen LogP contribution in [0, 0.1) is 6.57 Å². The molecule has 0 fully saturated rings. The van der Waals surface area contributed by atoms with Crippen LogP contribution in [0.1, 0.15) is 5.56 Å². The molecule has 0 atom stereocenters. The summed E-state index contributed by atoms with van der Waals surface area (Å²) in [5.41, 5.74) is 0.957. The van der Waals surface area contributed by atoms with Gasteiger partial charge in [-0.25, -0.2) is 4.85 Å². The van der Waals surface area contributed by atoms with Crippen molar-refractivity contribution in [3.8, 4) is 11.5 Å². The van der Waals surface area contributed by atoms with E-state index in [1.807, 2.05) is 0 Å². The van der Waals surface area contributed by atoms with Gasteiger partial charge in [0.15, 0.2) is 5.69 Å². The molecule has 0 heterocycles. The van der Waals surface area contributed by atoms with Crippen LogP contribution in [0.3, 0.4) is 0 Å². The Morgan fingerprint density at radius 2 is 1.89 bits per heavy atom. The number of halogens is 2. The molecule has 0 radical (unpaired) electrons. The number of rotatable bonds is 3. The maximum atomic E-state index is 9.30. The lowest BCUT2D eigenvalue weighted by atomic mass is 10.2. The lowest BCUT2D eigenvalue weighted by molar-refractivity contribution is 0.276. The van der Waals surface area contributed by atoms with Crippen molar-refractivity contribution in [2.24, 2.45) is 0 Å². The number of hydrogen-bond donors (Lipinski definition) is 1. The smallest absolute Gasteiger partial charge is 0.187 e. The van der Waals surface area contributed by atoms with Crippen LogP contribution in [0.2, 0.25) is 10.0 Å². The van der Waals surface area contributed by atoms with Crippen LogP contribution in [0.15, 0.2) is 36.4 Å². The average Bonchev–Trinajstić information content (AvgIpc) is 2.43. The van der Waals surface area contributed by atoms with Crippen LogP contribution < -0.4 is 4.74 Å². The van der Waals surface area contributed by atoms with Gasteiger partial charge in [-0.2, -0.15) is 0 Å². The van der Waals surface area contributed by atoms with Gasteiger partial charge in [0.05, 0.1) is 18.2 Å². The first-order valence-corrected chi connectivity index (χ1v) is 6.14. The van der Waals surface area contributed by atoms with Crippen molar-refractivity contribution in [2.45, 2.75) is 6.61 Å². The number of ether oxygens (including phenoxy) is 1. The van der Waals surface area contributed by atoms with E-state index < -0.39 is 0 Å². The molecule has 0 spiro atoms. The van der Waals surface area contributed by atoms with Gasteiger partial charge in [-0.1, -0.05) is 29.3 Å². The van der Waals surface area contributed by atoms with Gasteiger partial charge in [0.1, 0.15) is 11.5 Å². The highest BCUT2D eigenvalue weighted by Crippen LogP contribution is 2.34. The van der Waals surface area contributed by atoms with Gasteiger partial charge in [-0.3, -0.25) is 0 Å². The molecule has 0 aromatic heterocycles. The highest BCUT2D eigenvalue weighted by molar-refractivity contribution is 6.34. The van der Waals surface area contributed by atoms with Gasteiger partial charge in [-0.15, -0.1) is 0 Å². The zero-order valence-electron chi connectivity index (χ0n) is 9.73. The average molecular weight is 294 g/mol. The molecule has 0 saturated heterocycles. The molecule has 0 aliphatic carbocycles. The fourth-order valence-electron chi connectivity index (χ4n) is 1.53. The van der Waals surface area contributed by atoms with E-state index >= 15 is 0 Å². The monoisotopic (exact) mass is 293 g/mol. The van der Waals surface area contributed by atoms with Crippen LogP contribution in [0.5, 0.6) is 11.5 Å².